The van der Waals surface area contributed by atoms with Gasteiger partial charge in [-0.3, -0.25) is 0 Å². The van der Waals surface area contributed by atoms with Crippen molar-refractivity contribution in [2.24, 2.45) is 0 Å². The van der Waals surface area contributed by atoms with Crippen LogP contribution < -0.4 is 5.32 Å². The molecule has 0 spiro atoms. The van der Waals surface area contributed by atoms with Crippen molar-refractivity contribution in [1.82, 2.24) is 14.9 Å². The summed E-state index contributed by atoms with van der Waals surface area (Å²) in [7, 11) is 1.87. The summed E-state index contributed by atoms with van der Waals surface area (Å²) in [4.78, 5) is 4.13. The van der Waals surface area contributed by atoms with E-state index in [1.807, 2.05) is 25.5 Å². The summed E-state index contributed by atoms with van der Waals surface area (Å²) in [5, 5.41) is 3.32. The molecule has 2 aromatic rings. The Bertz CT molecular complexity index is 563. The minimum atomic E-state index is -0.434. The highest BCUT2D eigenvalue weighted by Crippen LogP contribution is 2.24. The minimum absolute atomic E-state index is 0.119. The topological polar surface area (TPSA) is 29.9 Å². The van der Waals surface area contributed by atoms with Gasteiger partial charge in [0.15, 0.2) is 0 Å². The fourth-order valence-electron chi connectivity index (χ4n) is 1.73. The largest absolute Gasteiger partial charge is 0.310 e. The van der Waals surface area contributed by atoms with Crippen LogP contribution >= 0.6 is 11.6 Å². The Morgan fingerprint density at radius 1 is 1.39 bits per heavy atom. The van der Waals surface area contributed by atoms with Gasteiger partial charge in [-0.25, -0.2) is 9.37 Å². The highest BCUT2D eigenvalue weighted by atomic mass is 35.5. The van der Waals surface area contributed by atoms with Crippen molar-refractivity contribution in [3.05, 3.63) is 47.3 Å². The summed E-state index contributed by atoms with van der Waals surface area (Å²) in [6.45, 7) is 4.07. The van der Waals surface area contributed by atoms with Gasteiger partial charge in [-0.05, 0) is 39.1 Å². The molecule has 96 valence electrons. The number of aromatic nitrogens is 2. The Kier molecular flexibility index (Phi) is 3.41. The molecule has 18 heavy (non-hydrogen) atoms. The van der Waals surface area contributed by atoms with Gasteiger partial charge in [-0.15, -0.1) is 0 Å². The quantitative estimate of drug-likeness (QED) is 0.926. The molecular weight excluding hydrogens is 253 g/mol. The second-order valence-corrected chi connectivity index (χ2v) is 5.03. The molecule has 3 nitrogen and oxygen atoms in total. The molecule has 0 radical (unpaired) electrons. The van der Waals surface area contributed by atoms with Crippen LogP contribution in [0, 0.1) is 5.82 Å². The molecule has 0 bridgehead atoms. The van der Waals surface area contributed by atoms with E-state index in [1.165, 1.54) is 6.07 Å². The number of halogens is 2. The number of hydrogen-bond donors (Lipinski definition) is 1. The van der Waals surface area contributed by atoms with Gasteiger partial charge in [0.2, 0.25) is 0 Å². The van der Waals surface area contributed by atoms with Crippen molar-refractivity contribution in [3.8, 4) is 5.69 Å². The normalized spacial score (nSPS) is 11.8. The van der Waals surface area contributed by atoms with Crippen LogP contribution in [-0.4, -0.2) is 16.6 Å². The third kappa shape index (κ3) is 2.26. The molecule has 0 amide bonds. The molecule has 1 aromatic heterocycles. The molecule has 1 aromatic carbocycles. The third-order valence-corrected chi connectivity index (χ3v) is 3.39. The molecule has 0 aliphatic carbocycles. The second kappa shape index (κ2) is 4.71. The lowest BCUT2D eigenvalue weighted by Gasteiger charge is -2.25. The van der Waals surface area contributed by atoms with Gasteiger partial charge in [0.25, 0.3) is 0 Å². The Morgan fingerprint density at radius 3 is 2.72 bits per heavy atom. The summed E-state index contributed by atoms with van der Waals surface area (Å²) < 4.78 is 15.3. The number of benzene rings is 1. The average molecular weight is 268 g/mol. The maximum Gasteiger partial charge on any atom is 0.143 e. The van der Waals surface area contributed by atoms with E-state index < -0.39 is 5.82 Å². The Labute approximate surface area is 111 Å². The smallest absolute Gasteiger partial charge is 0.143 e. The average Bonchev–Trinajstić information content (AvgIpc) is 2.82. The van der Waals surface area contributed by atoms with Crippen LogP contribution in [0.2, 0.25) is 5.02 Å². The third-order valence-electron chi connectivity index (χ3n) is 3.09. The van der Waals surface area contributed by atoms with Crippen LogP contribution in [0.3, 0.4) is 0 Å². The van der Waals surface area contributed by atoms with Crippen LogP contribution in [0.1, 0.15) is 19.5 Å². The minimum Gasteiger partial charge on any atom is -0.310 e. The number of imidazole rings is 1. The zero-order chi connectivity index (χ0) is 13.3. The fourth-order valence-corrected chi connectivity index (χ4v) is 1.84. The number of rotatable bonds is 3. The monoisotopic (exact) mass is 267 g/mol. The molecule has 0 aliphatic rings. The van der Waals surface area contributed by atoms with Crippen molar-refractivity contribution in [1.29, 1.82) is 0 Å². The van der Waals surface area contributed by atoms with Crippen molar-refractivity contribution in [2.45, 2.75) is 19.4 Å². The first-order chi connectivity index (χ1) is 8.45. The number of nitrogens with zero attached hydrogens (tertiary/aromatic N) is 2. The Morgan fingerprint density at radius 2 is 2.11 bits per heavy atom. The van der Waals surface area contributed by atoms with Crippen molar-refractivity contribution in [3.63, 3.8) is 0 Å². The SMILES string of the molecule is CNC(C)(C)c1cncn1-c1ccc(Cl)c(F)c1. The van der Waals surface area contributed by atoms with Crippen molar-refractivity contribution < 1.29 is 4.39 Å². The summed E-state index contributed by atoms with van der Waals surface area (Å²) in [5.74, 6) is -0.434. The summed E-state index contributed by atoms with van der Waals surface area (Å²) >= 11 is 5.69. The van der Waals surface area contributed by atoms with Gasteiger partial charge in [0.05, 0.1) is 28.8 Å². The molecule has 5 heteroatoms. The highest BCUT2D eigenvalue weighted by molar-refractivity contribution is 6.30. The van der Waals surface area contributed by atoms with Gasteiger partial charge in [0, 0.05) is 5.69 Å². The molecule has 0 fully saturated rings. The lowest BCUT2D eigenvalue weighted by Crippen LogP contribution is -2.35. The zero-order valence-electron chi connectivity index (χ0n) is 10.5. The summed E-state index contributed by atoms with van der Waals surface area (Å²) in [6, 6.07) is 4.71. The fraction of sp³-hybridized carbons (Fsp3) is 0.308. The molecule has 1 N–H and O–H groups in total. The Balaban J connectivity index is 2.52. The summed E-state index contributed by atoms with van der Waals surface area (Å²) in [6.07, 6.45) is 3.43. The Hall–Kier alpha value is -1.39. The molecule has 0 aliphatic heterocycles. The van der Waals surface area contributed by atoms with Gasteiger partial charge in [-0.1, -0.05) is 11.6 Å². The van der Waals surface area contributed by atoms with Gasteiger partial charge in [-0.2, -0.15) is 0 Å². The molecule has 1 heterocycles. The van der Waals surface area contributed by atoms with Gasteiger partial charge >= 0.3 is 0 Å². The maximum absolute atomic E-state index is 13.5. The van der Waals surface area contributed by atoms with Crippen LogP contribution in [0.25, 0.3) is 5.69 Å². The first kappa shape index (κ1) is 13.1. The van der Waals surface area contributed by atoms with Gasteiger partial charge in [0.1, 0.15) is 5.82 Å². The van der Waals surface area contributed by atoms with E-state index in [-0.39, 0.29) is 10.6 Å². The number of hydrogen-bond acceptors (Lipinski definition) is 2. The van der Waals surface area contributed by atoms with E-state index in [0.29, 0.717) is 5.69 Å². The van der Waals surface area contributed by atoms with E-state index in [2.05, 4.69) is 10.3 Å². The predicted molar refractivity (Wildman–Crippen MR) is 70.6 cm³/mol. The first-order valence-electron chi connectivity index (χ1n) is 5.63. The van der Waals surface area contributed by atoms with E-state index in [4.69, 9.17) is 11.6 Å². The second-order valence-electron chi connectivity index (χ2n) is 4.62. The van der Waals surface area contributed by atoms with Crippen molar-refractivity contribution >= 4 is 11.6 Å². The molecule has 0 atom stereocenters. The zero-order valence-corrected chi connectivity index (χ0v) is 11.3. The molecular formula is C13H15ClFN3. The van der Waals surface area contributed by atoms with E-state index in [1.54, 1.807) is 24.7 Å². The molecule has 0 unspecified atom stereocenters. The van der Waals surface area contributed by atoms with E-state index in [9.17, 15) is 4.39 Å². The van der Waals surface area contributed by atoms with E-state index in [0.717, 1.165) is 5.69 Å². The molecule has 2 rings (SSSR count). The molecule has 0 saturated heterocycles. The van der Waals surface area contributed by atoms with Crippen LogP contribution in [0.4, 0.5) is 4.39 Å². The van der Waals surface area contributed by atoms with Crippen LogP contribution in [0.5, 0.6) is 0 Å². The van der Waals surface area contributed by atoms with Crippen molar-refractivity contribution in [2.75, 3.05) is 7.05 Å². The lowest BCUT2D eigenvalue weighted by molar-refractivity contribution is 0.424. The van der Waals surface area contributed by atoms with E-state index >= 15 is 0 Å². The summed E-state index contributed by atoms with van der Waals surface area (Å²) in [5.41, 5.74) is 1.39. The standard InChI is InChI=1S/C13H15ClFN3/c1-13(2,16-3)12-7-17-8-18(12)9-4-5-10(14)11(15)6-9/h4-8,16H,1-3H3. The van der Waals surface area contributed by atoms with Gasteiger partial charge < -0.3 is 9.88 Å². The van der Waals surface area contributed by atoms with Crippen LogP contribution in [0.15, 0.2) is 30.7 Å². The highest BCUT2D eigenvalue weighted by Gasteiger charge is 2.22. The first-order valence-corrected chi connectivity index (χ1v) is 6.00. The maximum atomic E-state index is 13.5. The molecule has 0 saturated carbocycles. The number of nitrogens with one attached hydrogen (secondary N) is 1. The lowest BCUT2D eigenvalue weighted by atomic mass is 10.0. The van der Waals surface area contributed by atoms with Crippen LogP contribution in [-0.2, 0) is 5.54 Å². The predicted octanol–water partition coefficient (Wildman–Crippen LogP) is 3.12.